The number of aliphatic hydroxyl groups excluding tert-OH is 1. The third-order valence-electron chi connectivity index (χ3n) is 2.28. The van der Waals surface area contributed by atoms with Crippen molar-refractivity contribution in [1.29, 1.82) is 0 Å². The number of hydrogen-bond donors (Lipinski definition) is 1. The summed E-state index contributed by atoms with van der Waals surface area (Å²) < 4.78 is 35.2. The summed E-state index contributed by atoms with van der Waals surface area (Å²) in [5.74, 6) is -0.650. The lowest BCUT2D eigenvalue weighted by Crippen LogP contribution is -2.09. The molecular weight excluding hydrogens is 231 g/mol. The number of hydrogen-bond acceptors (Lipinski definition) is 3. The van der Waals surface area contributed by atoms with Gasteiger partial charge in [-0.15, -0.1) is 0 Å². The summed E-state index contributed by atoms with van der Waals surface area (Å²) in [5.41, 5.74) is 0.908. The molecule has 0 fully saturated rings. The Morgan fingerprint density at radius 2 is 2.06 bits per heavy atom. The van der Waals surface area contributed by atoms with E-state index in [0.29, 0.717) is 0 Å². The standard InChI is InChI=1S/C11H15FO3S/c1-8-3-4-9(10(12)7-8)11(13)5-6-16(2,14)15/h3-4,7,11,13H,5-6H2,1-2H3. The predicted octanol–water partition coefficient (Wildman–Crippen LogP) is 1.60. The van der Waals surface area contributed by atoms with E-state index < -0.39 is 21.8 Å². The summed E-state index contributed by atoms with van der Waals surface area (Å²) in [5, 5.41) is 9.65. The molecule has 0 aromatic heterocycles. The van der Waals surface area contributed by atoms with Gasteiger partial charge in [0.25, 0.3) is 0 Å². The van der Waals surface area contributed by atoms with E-state index in [-0.39, 0.29) is 17.7 Å². The van der Waals surface area contributed by atoms with Crippen molar-refractivity contribution in [3.8, 4) is 0 Å². The van der Waals surface area contributed by atoms with Crippen LogP contribution in [0.2, 0.25) is 0 Å². The Morgan fingerprint density at radius 3 is 2.56 bits per heavy atom. The minimum absolute atomic E-state index is 0.0127. The molecule has 0 aliphatic carbocycles. The van der Waals surface area contributed by atoms with Gasteiger partial charge in [-0.1, -0.05) is 12.1 Å². The second-order valence-electron chi connectivity index (χ2n) is 3.96. The number of sulfone groups is 1. The Kier molecular flexibility index (Phi) is 4.04. The fourth-order valence-corrected chi connectivity index (χ4v) is 2.04. The Balaban J connectivity index is 2.77. The fourth-order valence-electron chi connectivity index (χ4n) is 1.38. The smallest absolute Gasteiger partial charge is 0.147 e. The normalized spacial score (nSPS) is 13.8. The second-order valence-corrected chi connectivity index (χ2v) is 6.22. The lowest BCUT2D eigenvalue weighted by Gasteiger charge is -2.11. The minimum atomic E-state index is -3.13. The molecule has 1 atom stereocenters. The Morgan fingerprint density at radius 1 is 1.44 bits per heavy atom. The number of benzene rings is 1. The van der Waals surface area contributed by atoms with Crippen molar-refractivity contribution in [2.75, 3.05) is 12.0 Å². The van der Waals surface area contributed by atoms with Gasteiger partial charge in [-0.3, -0.25) is 0 Å². The van der Waals surface area contributed by atoms with Crippen LogP contribution in [-0.2, 0) is 9.84 Å². The zero-order valence-corrected chi connectivity index (χ0v) is 10.1. The van der Waals surface area contributed by atoms with E-state index in [2.05, 4.69) is 0 Å². The molecule has 0 amide bonds. The summed E-state index contributed by atoms with van der Waals surface area (Å²) in [4.78, 5) is 0. The average molecular weight is 246 g/mol. The van der Waals surface area contributed by atoms with Crippen molar-refractivity contribution in [3.05, 3.63) is 35.1 Å². The first-order valence-electron chi connectivity index (χ1n) is 4.91. The lowest BCUT2D eigenvalue weighted by molar-refractivity contribution is 0.169. The number of halogens is 1. The van der Waals surface area contributed by atoms with Gasteiger partial charge in [0.1, 0.15) is 15.7 Å². The average Bonchev–Trinajstić information content (AvgIpc) is 2.13. The molecule has 0 bridgehead atoms. The first kappa shape index (κ1) is 13.1. The molecule has 0 radical (unpaired) electrons. The van der Waals surface area contributed by atoms with Crippen LogP contribution in [0.25, 0.3) is 0 Å². The monoisotopic (exact) mass is 246 g/mol. The number of rotatable bonds is 4. The van der Waals surface area contributed by atoms with Crippen LogP contribution >= 0.6 is 0 Å². The van der Waals surface area contributed by atoms with Crippen LogP contribution in [0.3, 0.4) is 0 Å². The topological polar surface area (TPSA) is 54.4 Å². The molecule has 5 heteroatoms. The van der Waals surface area contributed by atoms with E-state index in [1.165, 1.54) is 12.1 Å². The van der Waals surface area contributed by atoms with Crippen LogP contribution in [0.1, 0.15) is 23.7 Å². The molecule has 1 N–H and O–H groups in total. The van der Waals surface area contributed by atoms with Gasteiger partial charge in [0.05, 0.1) is 11.9 Å². The molecule has 0 spiro atoms. The van der Waals surface area contributed by atoms with Crippen LogP contribution in [0.15, 0.2) is 18.2 Å². The minimum Gasteiger partial charge on any atom is -0.388 e. The van der Waals surface area contributed by atoms with Crippen LogP contribution in [0, 0.1) is 12.7 Å². The quantitative estimate of drug-likeness (QED) is 0.878. The van der Waals surface area contributed by atoms with Crippen LogP contribution in [-0.4, -0.2) is 25.5 Å². The van der Waals surface area contributed by atoms with Crippen molar-refractivity contribution in [1.82, 2.24) is 0 Å². The summed E-state index contributed by atoms with van der Waals surface area (Å²) in [6.45, 7) is 1.75. The van der Waals surface area contributed by atoms with Crippen molar-refractivity contribution in [3.63, 3.8) is 0 Å². The van der Waals surface area contributed by atoms with E-state index in [0.717, 1.165) is 11.8 Å². The first-order valence-corrected chi connectivity index (χ1v) is 6.97. The number of aryl methyl sites for hydroxylation is 1. The van der Waals surface area contributed by atoms with Crippen LogP contribution < -0.4 is 0 Å². The van der Waals surface area contributed by atoms with Crippen molar-refractivity contribution in [2.24, 2.45) is 0 Å². The van der Waals surface area contributed by atoms with Crippen molar-refractivity contribution in [2.45, 2.75) is 19.4 Å². The van der Waals surface area contributed by atoms with Gasteiger partial charge in [0.15, 0.2) is 0 Å². The highest BCUT2D eigenvalue weighted by Crippen LogP contribution is 2.21. The summed E-state index contributed by atoms with van der Waals surface area (Å²) in [6.07, 6.45) is 0.0274. The second kappa shape index (κ2) is 4.93. The lowest BCUT2D eigenvalue weighted by atomic mass is 10.0. The molecule has 90 valence electrons. The largest absolute Gasteiger partial charge is 0.388 e. The van der Waals surface area contributed by atoms with Gasteiger partial charge in [-0.25, -0.2) is 12.8 Å². The molecular formula is C11H15FO3S. The van der Waals surface area contributed by atoms with Crippen LogP contribution in [0.4, 0.5) is 4.39 Å². The zero-order valence-electron chi connectivity index (χ0n) is 9.27. The third-order valence-corrected chi connectivity index (χ3v) is 3.25. The maximum Gasteiger partial charge on any atom is 0.147 e. The maximum absolute atomic E-state index is 13.4. The molecule has 1 rings (SSSR count). The van der Waals surface area contributed by atoms with Gasteiger partial charge in [-0.05, 0) is 25.0 Å². The molecule has 0 saturated heterocycles. The number of aliphatic hydroxyl groups is 1. The molecule has 0 heterocycles. The van der Waals surface area contributed by atoms with Gasteiger partial charge in [-0.2, -0.15) is 0 Å². The van der Waals surface area contributed by atoms with Crippen LogP contribution in [0.5, 0.6) is 0 Å². The van der Waals surface area contributed by atoms with Crippen molar-refractivity contribution < 1.29 is 17.9 Å². The Labute approximate surface area is 94.8 Å². The Bertz CT molecular complexity index is 468. The highest BCUT2D eigenvalue weighted by molar-refractivity contribution is 7.90. The molecule has 0 aliphatic rings. The van der Waals surface area contributed by atoms with E-state index in [9.17, 15) is 17.9 Å². The molecule has 1 unspecified atom stereocenters. The highest BCUT2D eigenvalue weighted by atomic mass is 32.2. The summed E-state index contributed by atoms with van der Waals surface area (Å²) >= 11 is 0. The molecule has 16 heavy (non-hydrogen) atoms. The first-order chi connectivity index (χ1) is 7.29. The van der Waals surface area contributed by atoms with Gasteiger partial charge >= 0.3 is 0 Å². The summed E-state index contributed by atoms with van der Waals surface area (Å²) in [6, 6.07) is 4.48. The van der Waals surface area contributed by atoms with E-state index in [4.69, 9.17) is 0 Å². The molecule has 1 aromatic rings. The maximum atomic E-state index is 13.4. The van der Waals surface area contributed by atoms with Gasteiger partial charge in [0, 0.05) is 11.8 Å². The van der Waals surface area contributed by atoms with E-state index in [1.54, 1.807) is 13.0 Å². The SMILES string of the molecule is Cc1ccc(C(O)CCS(C)(=O)=O)c(F)c1. The molecule has 0 saturated carbocycles. The molecule has 1 aromatic carbocycles. The molecule has 3 nitrogen and oxygen atoms in total. The summed E-state index contributed by atoms with van der Waals surface area (Å²) in [7, 11) is -3.13. The fraction of sp³-hybridized carbons (Fsp3) is 0.455. The predicted molar refractivity (Wildman–Crippen MR) is 60.4 cm³/mol. The van der Waals surface area contributed by atoms with Gasteiger partial charge in [0.2, 0.25) is 0 Å². The van der Waals surface area contributed by atoms with E-state index >= 15 is 0 Å². The zero-order chi connectivity index (χ0) is 12.3. The Hall–Kier alpha value is -0.940. The van der Waals surface area contributed by atoms with Gasteiger partial charge < -0.3 is 5.11 Å². The van der Waals surface area contributed by atoms with E-state index in [1.807, 2.05) is 0 Å². The highest BCUT2D eigenvalue weighted by Gasteiger charge is 2.15. The third kappa shape index (κ3) is 3.90. The van der Waals surface area contributed by atoms with Crippen molar-refractivity contribution >= 4 is 9.84 Å². The molecule has 0 aliphatic heterocycles.